The molecule has 55 heavy (non-hydrogen) atoms. The normalized spacial score (nSPS) is 11.6. The molecule has 11 rings (SSSR count). The van der Waals surface area contributed by atoms with E-state index in [0.29, 0.717) is 0 Å². The number of benzene rings is 7. The Morgan fingerprint density at radius 2 is 1.02 bits per heavy atom. The molecule has 7 aromatic carbocycles. The number of aromatic nitrogens is 4. The molecule has 0 amide bonds. The number of ether oxygens (including phenoxy) is 1. The predicted molar refractivity (Wildman–Crippen MR) is 225 cm³/mol. The maximum Gasteiger partial charge on any atom is 0.145 e. The molecule has 0 unspecified atom stereocenters. The van der Waals surface area contributed by atoms with Gasteiger partial charge in [0, 0.05) is 39.4 Å². The maximum atomic E-state index is 6.73. The van der Waals surface area contributed by atoms with E-state index in [0.717, 1.165) is 72.3 Å². The highest BCUT2D eigenvalue weighted by atomic mass is 16.5. The summed E-state index contributed by atoms with van der Waals surface area (Å²) in [6.45, 7) is 0. The largest absolute Gasteiger partial charge is 0.457 e. The standard InChI is InChI=1S/C50H32N4O/c1-4-14-33(15-5-1)41-30-43-38-25-23-36(55-37-24-26-40-39-20-10-11-21-45(39)53(46(40)29-37)49-22-12-13-27-51-49)28-44(38)50-52-32-48(35-18-8-3-9-19-35)54(50)47(43)31-42(41)34-16-6-2-7-17-34/h1-32H. The van der Waals surface area contributed by atoms with Crippen molar-refractivity contribution in [3.8, 4) is 50.8 Å². The van der Waals surface area contributed by atoms with Gasteiger partial charge >= 0.3 is 0 Å². The van der Waals surface area contributed by atoms with Crippen molar-refractivity contribution < 1.29 is 4.74 Å². The van der Waals surface area contributed by atoms with E-state index < -0.39 is 0 Å². The van der Waals surface area contributed by atoms with Gasteiger partial charge in [0.2, 0.25) is 0 Å². The van der Waals surface area contributed by atoms with E-state index in [4.69, 9.17) is 14.7 Å². The molecule has 0 N–H and O–H groups in total. The summed E-state index contributed by atoms with van der Waals surface area (Å²) in [6.07, 6.45) is 3.83. The van der Waals surface area contributed by atoms with E-state index in [9.17, 15) is 0 Å². The zero-order valence-electron chi connectivity index (χ0n) is 29.7. The Bertz CT molecular complexity index is 3210. The van der Waals surface area contributed by atoms with E-state index >= 15 is 0 Å². The maximum absolute atomic E-state index is 6.73. The molecule has 5 heteroatoms. The molecule has 0 saturated heterocycles. The zero-order valence-corrected chi connectivity index (χ0v) is 29.7. The van der Waals surface area contributed by atoms with Gasteiger partial charge in [0.25, 0.3) is 0 Å². The lowest BCUT2D eigenvalue weighted by molar-refractivity contribution is 0.484. The molecule has 0 aliphatic carbocycles. The molecule has 0 bridgehead atoms. The first-order valence-corrected chi connectivity index (χ1v) is 18.5. The molecule has 11 aromatic rings. The number of imidazole rings is 1. The highest BCUT2D eigenvalue weighted by Crippen LogP contribution is 2.42. The average Bonchev–Trinajstić information content (AvgIpc) is 3.85. The topological polar surface area (TPSA) is 44.3 Å². The Morgan fingerprint density at radius 3 is 1.75 bits per heavy atom. The lowest BCUT2D eigenvalue weighted by Gasteiger charge is -2.17. The van der Waals surface area contributed by atoms with Gasteiger partial charge < -0.3 is 4.74 Å². The second-order valence-corrected chi connectivity index (χ2v) is 13.8. The number of hydrogen-bond donors (Lipinski definition) is 0. The van der Waals surface area contributed by atoms with Crippen LogP contribution in [-0.2, 0) is 0 Å². The van der Waals surface area contributed by atoms with E-state index in [2.05, 4.69) is 173 Å². The summed E-state index contributed by atoms with van der Waals surface area (Å²) in [6, 6.07) is 63.7. The highest BCUT2D eigenvalue weighted by Gasteiger charge is 2.20. The molecule has 0 spiro atoms. The predicted octanol–water partition coefficient (Wildman–Crippen LogP) is 12.9. The quantitative estimate of drug-likeness (QED) is 0.162. The fraction of sp³-hybridized carbons (Fsp3) is 0. The van der Waals surface area contributed by atoms with Crippen LogP contribution in [0, 0.1) is 0 Å². The van der Waals surface area contributed by atoms with Gasteiger partial charge in [0.05, 0.1) is 28.4 Å². The minimum absolute atomic E-state index is 0.738. The van der Waals surface area contributed by atoms with Crippen LogP contribution >= 0.6 is 0 Å². The van der Waals surface area contributed by atoms with E-state index in [1.54, 1.807) is 0 Å². The van der Waals surface area contributed by atoms with Crippen LogP contribution < -0.4 is 4.74 Å². The van der Waals surface area contributed by atoms with E-state index in [-0.39, 0.29) is 0 Å². The number of para-hydroxylation sites is 1. The number of pyridine rings is 2. The van der Waals surface area contributed by atoms with Crippen LogP contribution in [0.2, 0.25) is 0 Å². The van der Waals surface area contributed by atoms with Crippen LogP contribution in [-0.4, -0.2) is 18.9 Å². The second-order valence-electron chi connectivity index (χ2n) is 13.8. The van der Waals surface area contributed by atoms with E-state index in [1.165, 1.54) is 27.6 Å². The smallest absolute Gasteiger partial charge is 0.145 e. The van der Waals surface area contributed by atoms with Crippen molar-refractivity contribution in [1.82, 2.24) is 18.9 Å². The summed E-state index contributed by atoms with van der Waals surface area (Å²) in [5.74, 6) is 2.35. The van der Waals surface area contributed by atoms with Gasteiger partial charge in [0.15, 0.2) is 0 Å². The summed E-state index contributed by atoms with van der Waals surface area (Å²) >= 11 is 0. The van der Waals surface area contributed by atoms with Gasteiger partial charge in [-0.1, -0.05) is 115 Å². The van der Waals surface area contributed by atoms with Crippen molar-refractivity contribution in [2.45, 2.75) is 0 Å². The second kappa shape index (κ2) is 12.6. The molecule has 4 heterocycles. The number of nitrogens with zero attached hydrogens (tertiary/aromatic N) is 4. The number of fused-ring (bicyclic) bond motifs is 9. The van der Waals surface area contributed by atoms with Crippen molar-refractivity contribution in [1.29, 1.82) is 0 Å². The molecule has 0 aliphatic rings. The van der Waals surface area contributed by atoms with Gasteiger partial charge in [-0.25, -0.2) is 9.97 Å². The third kappa shape index (κ3) is 5.09. The lowest BCUT2D eigenvalue weighted by atomic mass is 9.91. The van der Waals surface area contributed by atoms with Gasteiger partial charge in [0.1, 0.15) is 23.0 Å². The Balaban J connectivity index is 1.14. The summed E-state index contributed by atoms with van der Waals surface area (Å²) < 4.78 is 11.3. The first kappa shape index (κ1) is 31.1. The lowest BCUT2D eigenvalue weighted by Crippen LogP contribution is -1.97. The van der Waals surface area contributed by atoms with Crippen LogP contribution in [0.5, 0.6) is 11.5 Å². The zero-order chi connectivity index (χ0) is 36.3. The van der Waals surface area contributed by atoms with Gasteiger partial charge in [-0.2, -0.15) is 0 Å². The molecular weight excluding hydrogens is 673 g/mol. The summed E-state index contributed by atoms with van der Waals surface area (Å²) in [4.78, 5) is 9.82. The van der Waals surface area contributed by atoms with Gasteiger partial charge in [-0.05, 0) is 88.3 Å². The molecule has 0 fully saturated rings. The minimum Gasteiger partial charge on any atom is -0.457 e. The molecule has 258 valence electrons. The van der Waals surface area contributed by atoms with Crippen molar-refractivity contribution in [2.75, 3.05) is 0 Å². The van der Waals surface area contributed by atoms with Crippen LogP contribution in [0.1, 0.15) is 0 Å². The molecule has 0 saturated carbocycles. The minimum atomic E-state index is 0.738. The third-order valence-electron chi connectivity index (χ3n) is 10.7. The third-order valence-corrected chi connectivity index (χ3v) is 10.7. The molecule has 4 aromatic heterocycles. The van der Waals surface area contributed by atoms with E-state index in [1.807, 2.05) is 30.6 Å². The number of hydrogen-bond acceptors (Lipinski definition) is 3. The first-order chi connectivity index (χ1) is 27.3. The molecular formula is C50H32N4O. The van der Waals surface area contributed by atoms with Crippen molar-refractivity contribution in [3.63, 3.8) is 0 Å². The van der Waals surface area contributed by atoms with Crippen LogP contribution in [0.25, 0.3) is 88.5 Å². The van der Waals surface area contributed by atoms with Crippen LogP contribution in [0.4, 0.5) is 0 Å². The molecule has 0 atom stereocenters. The Hall–Kier alpha value is -7.50. The molecule has 5 nitrogen and oxygen atoms in total. The summed E-state index contributed by atoms with van der Waals surface area (Å²) in [7, 11) is 0. The number of rotatable bonds is 6. The van der Waals surface area contributed by atoms with Gasteiger partial charge in [-0.3, -0.25) is 8.97 Å². The summed E-state index contributed by atoms with van der Waals surface area (Å²) in [5, 5.41) is 5.60. The Labute approximate surface area is 317 Å². The summed E-state index contributed by atoms with van der Waals surface area (Å²) in [5.41, 5.74) is 10.9. The molecule has 0 radical (unpaired) electrons. The fourth-order valence-electron chi connectivity index (χ4n) is 8.19. The average molecular weight is 705 g/mol. The van der Waals surface area contributed by atoms with Crippen LogP contribution in [0.3, 0.4) is 0 Å². The highest BCUT2D eigenvalue weighted by molar-refractivity contribution is 6.15. The SMILES string of the molecule is c1ccc(-c2cc3c4ccc(Oc5ccc6c7ccccc7n(-c7ccccn7)c6c5)cc4c4ncc(-c5ccccc5)n4c3cc2-c2ccccc2)cc1. The first-order valence-electron chi connectivity index (χ1n) is 18.5. The van der Waals surface area contributed by atoms with Crippen molar-refractivity contribution in [3.05, 3.63) is 194 Å². The fourth-order valence-corrected chi connectivity index (χ4v) is 8.19. The van der Waals surface area contributed by atoms with Crippen LogP contribution in [0.15, 0.2) is 194 Å². The molecule has 0 aliphatic heterocycles. The Kier molecular flexibility index (Phi) is 7.10. The Morgan fingerprint density at radius 1 is 0.400 bits per heavy atom. The van der Waals surface area contributed by atoms with Gasteiger partial charge in [-0.15, -0.1) is 0 Å². The van der Waals surface area contributed by atoms with Crippen molar-refractivity contribution in [2.24, 2.45) is 0 Å². The monoisotopic (exact) mass is 704 g/mol. The van der Waals surface area contributed by atoms with Crippen molar-refractivity contribution >= 4 is 49.1 Å².